The van der Waals surface area contributed by atoms with Crippen molar-refractivity contribution in [2.75, 3.05) is 18.9 Å². The number of likely N-dealkylation sites (N-methyl/N-ethyl adjacent to an activating group) is 1. The van der Waals surface area contributed by atoms with E-state index in [4.69, 9.17) is 11.6 Å². The van der Waals surface area contributed by atoms with E-state index in [1.54, 1.807) is 23.0 Å². The second kappa shape index (κ2) is 6.74. The Morgan fingerprint density at radius 1 is 1.48 bits per heavy atom. The molecular formula is C15H19ClN4O. The van der Waals surface area contributed by atoms with E-state index in [1.807, 2.05) is 38.2 Å². The molecule has 0 radical (unpaired) electrons. The lowest BCUT2D eigenvalue weighted by Gasteiger charge is -2.16. The van der Waals surface area contributed by atoms with Gasteiger partial charge in [0, 0.05) is 36.1 Å². The van der Waals surface area contributed by atoms with E-state index in [0.717, 1.165) is 16.8 Å². The molecule has 0 fully saturated rings. The van der Waals surface area contributed by atoms with Gasteiger partial charge in [-0.3, -0.25) is 14.4 Å². The summed E-state index contributed by atoms with van der Waals surface area (Å²) in [6.07, 6.45) is 3.74. The Morgan fingerprint density at radius 2 is 2.24 bits per heavy atom. The Morgan fingerprint density at radius 3 is 2.90 bits per heavy atom. The van der Waals surface area contributed by atoms with Crippen LogP contribution < -0.4 is 5.32 Å². The largest absolute Gasteiger partial charge is 0.325 e. The number of carbonyl (C=O) groups is 1. The summed E-state index contributed by atoms with van der Waals surface area (Å²) < 4.78 is 1.75. The quantitative estimate of drug-likeness (QED) is 0.923. The Labute approximate surface area is 129 Å². The van der Waals surface area contributed by atoms with Crippen LogP contribution in [0.15, 0.2) is 30.6 Å². The number of carbonyl (C=O) groups excluding carboxylic acids is 1. The van der Waals surface area contributed by atoms with Crippen LogP contribution in [0.1, 0.15) is 11.1 Å². The summed E-state index contributed by atoms with van der Waals surface area (Å²) in [7, 11) is 3.77. The molecule has 0 saturated heterocycles. The average molecular weight is 307 g/mol. The van der Waals surface area contributed by atoms with E-state index >= 15 is 0 Å². The summed E-state index contributed by atoms with van der Waals surface area (Å²) in [5.41, 5.74) is 2.82. The third-order valence-electron chi connectivity index (χ3n) is 3.10. The summed E-state index contributed by atoms with van der Waals surface area (Å²) in [6, 6.07) is 5.45. The van der Waals surface area contributed by atoms with Gasteiger partial charge in [0.1, 0.15) is 0 Å². The number of anilines is 1. The molecule has 1 aromatic carbocycles. The van der Waals surface area contributed by atoms with Gasteiger partial charge < -0.3 is 5.32 Å². The van der Waals surface area contributed by atoms with Gasteiger partial charge in [0.25, 0.3) is 0 Å². The maximum absolute atomic E-state index is 12.1. The number of nitrogens with zero attached hydrogens (tertiary/aromatic N) is 3. The fraction of sp³-hybridized carbons (Fsp3) is 0.333. The van der Waals surface area contributed by atoms with Crippen molar-refractivity contribution >= 4 is 23.2 Å². The molecule has 1 heterocycles. The second-order valence-corrected chi connectivity index (χ2v) is 5.64. The highest BCUT2D eigenvalue weighted by Gasteiger charge is 2.10. The highest BCUT2D eigenvalue weighted by Crippen LogP contribution is 2.20. The van der Waals surface area contributed by atoms with Gasteiger partial charge in [-0.2, -0.15) is 5.10 Å². The Kier molecular flexibility index (Phi) is 4.98. The van der Waals surface area contributed by atoms with Crippen molar-refractivity contribution in [2.45, 2.75) is 13.5 Å². The minimum absolute atomic E-state index is 0.0632. The van der Waals surface area contributed by atoms with Crippen molar-refractivity contribution in [3.8, 4) is 0 Å². The van der Waals surface area contributed by atoms with E-state index in [0.29, 0.717) is 18.1 Å². The zero-order valence-electron chi connectivity index (χ0n) is 12.4. The molecule has 0 aliphatic heterocycles. The first-order valence-electron chi connectivity index (χ1n) is 6.66. The fourth-order valence-corrected chi connectivity index (χ4v) is 2.26. The third-order valence-corrected chi connectivity index (χ3v) is 3.33. The number of aryl methyl sites for hydroxylation is 2. The van der Waals surface area contributed by atoms with Gasteiger partial charge in [-0.15, -0.1) is 0 Å². The monoisotopic (exact) mass is 306 g/mol. The van der Waals surface area contributed by atoms with Gasteiger partial charge in [-0.1, -0.05) is 17.7 Å². The predicted octanol–water partition coefficient (Wildman–Crippen LogP) is 2.45. The first kappa shape index (κ1) is 15.5. The van der Waals surface area contributed by atoms with Crippen molar-refractivity contribution in [1.29, 1.82) is 0 Å². The lowest BCUT2D eigenvalue weighted by Crippen LogP contribution is -2.29. The smallest absolute Gasteiger partial charge is 0.238 e. The lowest BCUT2D eigenvalue weighted by atomic mass is 10.2. The summed E-state index contributed by atoms with van der Waals surface area (Å²) in [5, 5.41) is 7.61. The first-order valence-corrected chi connectivity index (χ1v) is 7.04. The van der Waals surface area contributed by atoms with E-state index in [-0.39, 0.29) is 5.91 Å². The fourth-order valence-electron chi connectivity index (χ4n) is 2.08. The SMILES string of the molecule is Cc1ccc(Cl)cc1NC(=O)CN(C)Cc1cnn(C)c1. The summed E-state index contributed by atoms with van der Waals surface area (Å²) >= 11 is 5.94. The van der Waals surface area contributed by atoms with Gasteiger partial charge in [0.05, 0.1) is 12.7 Å². The number of hydrogen-bond acceptors (Lipinski definition) is 3. The highest BCUT2D eigenvalue weighted by atomic mass is 35.5. The van der Waals surface area contributed by atoms with Crippen molar-refractivity contribution in [3.05, 3.63) is 46.7 Å². The van der Waals surface area contributed by atoms with Crippen LogP contribution in [0.4, 0.5) is 5.69 Å². The van der Waals surface area contributed by atoms with E-state index in [2.05, 4.69) is 10.4 Å². The molecule has 6 heteroatoms. The summed E-state index contributed by atoms with van der Waals surface area (Å²) in [6.45, 7) is 2.92. The molecule has 1 amide bonds. The first-order chi connectivity index (χ1) is 9.94. The van der Waals surface area contributed by atoms with Crippen molar-refractivity contribution in [2.24, 2.45) is 7.05 Å². The molecule has 0 aliphatic rings. The number of amides is 1. The molecule has 1 N–H and O–H groups in total. The van der Waals surface area contributed by atoms with Crippen LogP contribution >= 0.6 is 11.6 Å². The summed E-state index contributed by atoms with van der Waals surface area (Å²) in [5.74, 6) is -0.0632. The van der Waals surface area contributed by atoms with Gasteiger partial charge in [0.2, 0.25) is 5.91 Å². The molecule has 0 spiro atoms. The molecule has 5 nitrogen and oxygen atoms in total. The normalized spacial score (nSPS) is 10.9. The van der Waals surface area contributed by atoms with Crippen LogP contribution in [0, 0.1) is 6.92 Å². The molecular weight excluding hydrogens is 288 g/mol. The Balaban J connectivity index is 1.90. The minimum atomic E-state index is -0.0632. The Hall–Kier alpha value is -1.85. The number of rotatable bonds is 5. The van der Waals surface area contributed by atoms with Crippen molar-refractivity contribution in [1.82, 2.24) is 14.7 Å². The topological polar surface area (TPSA) is 50.2 Å². The zero-order chi connectivity index (χ0) is 15.4. The average Bonchev–Trinajstić information content (AvgIpc) is 2.79. The number of aromatic nitrogens is 2. The maximum Gasteiger partial charge on any atom is 0.238 e. The van der Waals surface area contributed by atoms with Crippen LogP contribution in [0.2, 0.25) is 5.02 Å². The van der Waals surface area contributed by atoms with E-state index in [1.165, 1.54) is 0 Å². The molecule has 0 atom stereocenters. The lowest BCUT2D eigenvalue weighted by molar-refractivity contribution is -0.117. The zero-order valence-corrected chi connectivity index (χ0v) is 13.2. The number of nitrogens with one attached hydrogen (secondary N) is 1. The van der Waals surface area contributed by atoms with E-state index < -0.39 is 0 Å². The van der Waals surface area contributed by atoms with E-state index in [9.17, 15) is 4.79 Å². The van der Waals surface area contributed by atoms with Crippen LogP contribution in [0.25, 0.3) is 0 Å². The molecule has 112 valence electrons. The molecule has 2 aromatic rings. The second-order valence-electron chi connectivity index (χ2n) is 5.20. The van der Waals surface area contributed by atoms with Crippen LogP contribution in [0.5, 0.6) is 0 Å². The molecule has 1 aromatic heterocycles. The Bertz CT molecular complexity index is 638. The molecule has 2 rings (SSSR count). The highest BCUT2D eigenvalue weighted by molar-refractivity contribution is 6.31. The van der Waals surface area contributed by atoms with Crippen LogP contribution in [-0.2, 0) is 18.4 Å². The van der Waals surface area contributed by atoms with Crippen LogP contribution in [-0.4, -0.2) is 34.2 Å². The molecule has 0 saturated carbocycles. The number of benzene rings is 1. The number of halogens is 1. The van der Waals surface area contributed by atoms with Gasteiger partial charge >= 0.3 is 0 Å². The van der Waals surface area contributed by atoms with Gasteiger partial charge in [-0.25, -0.2) is 0 Å². The maximum atomic E-state index is 12.1. The van der Waals surface area contributed by atoms with Crippen LogP contribution in [0.3, 0.4) is 0 Å². The minimum Gasteiger partial charge on any atom is -0.325 e. The van der Waals surface area contributed by atoms with Gasteiger partial charge in [0.15, 0.2) is 0 Å². The molecule has 0 unspecified atom stereocenters. The number of hydrogen-bond donors (Lipinski definition) is 1. The standard InChI is InChI=1S/C15H19ClN4O/c1-11-4-5-13(16)6-14(11)18-15(21)10-19(2)8-12-7-17-20(3)9-12/h4-7,9H,8,10H2,1-3H3,(H,18,21). The predicted molar refractivity (Wildman–Crippen MR) is 84.4 cm³/mol. The molecule has 21 heavy (non-hydrogen) atoms. The molecule has 0 bridgehead atoms. The van der Waals surface area contributed by atoms with Crippen molar-refractivity contribution in [3.63, 3.8) is 0 Å². The molecule has 0 aliphatic carbocycles. The van der Waals surface area contributed by atoms with Gasteiger partial charge in [-0.05, 0) is 31.7 Å². The summed E-state index contributed by atoms with van der Waals surface area (Å²) in [4.78, 5) is 14.0. The van der Waals surface area contributed by atoms with Crippen molar-refractivity contribution < 1.29 is 4.79 Å². The third kappa shape index (κ3) is 4.58.